The lowest BCUT2D eigenvalue weighted by Gasteiger charge is -2.04. The van der Waals surface area contributed by atoms with Crippen molar-refractivity contribution in [3.8, 4) is 11.1 Å². The van der Waals surface area contributed by atoms with E-state index in [0.29, 0.717) is 35.6 Å². The van der Waals surface area contributed by atoms with Crippen molar-refractivity contribution in [2.24, 2.45) is 0 Å². The number of halogens is 1. The van der Waals surface area contributed by atoms with Gasteiger partial charge in [0, 0.05) is 17.5 Å². The number of benzene rings is 1. The monoisotopic (exact) mass is 287 g/mol. The summed E-state index contributed by atoms with van der Waals surface area (Å²) < 4.78 is 19.1. The Morgan fingerprint density at radius 2 is 2.19 bits per heavy atom. The van der Waals surface area contributed by atoms with Gasteiger partial charge in [0.1, 0.15) is 24.0 Å². The van der Waals surface area contributed by atoms with Gasteiger partial charge in [0.25, 0.3) is 0 Å². The molecule has 2 heterocycles. The van der Waals surface area contributed by atoms with E-state index >= 15 is 0 Å². The molecule has 0 amide bonds. The van der Waals surface area contributed by atoms with Crippen LogP contribution in [0.4, 0.5) is 4.39 Å². The van der Waals surface area contributed by atoms with Crippen LogP contribution >= 0.6 is 0 Å². The molecular formula is C15H14FN3O2. The SMILES string of the molecule is OC(CCc1cc(-c2ccccc2F)co1)c1ncn[nH]1. The van der Waals surface area contributed by atoms with Gasteiger partial charge in [-0.05, 0) is 18.6 Å². The summed E-state index contributed by atoms with van der Waals surface area (Å²) in [4.78, 5) is 3.90. The fraction of sp³-hybridized carbons (Fsp3) is 0.200. The molecule has 2 N–H and O–H groups in total. The highest BCUT2D eigenvalue weighted by atomic mass is 19.1. The average molecular weight is 287 g/mol. The number of hydrogen-bond acceptors (Lipinski definition) is 4. The first kappa shape index (κ1) is 13.5. The van der Waals surface area contributed by atoms with Crippen molar-refractivity contribution in [3.05, 3.63) is 60.3 Å². The Balaban J connectivity index is 1.67. The molecule has 0 bridgehead atoms. The van der Waals surface area contributed by atoms with Crippen molar-refractivity contribution in [3.63, 3.8) is 0 Å². The number of rotatable bonds is 5. The van der Waals surface area contributed by atoms with Gasteiger partial charge >= 0.3 is 0 Å². The Kier molecular flexibility index (Phi) is 3.79. The van der Waals surface area contributed by atoms with E-state index in [-0.39, 0.29) is 5.82 Å². The van der Waals surface area contributed by atoms with Crippen LogP contribution in [-0.2, 0) is 6.42 Å². The van der Waals surface area contributed by atoms with Crippen LogP contribution in [0.25, 0.3) is 11.1 Å². The first-order valence-electron chi connectivity index (χ1n) is 6.59. The van der Waals surface area contributed by atoms with Gasteiger partial charge in [0.2, 0.25) is 0 Å². The predicted octanol–water partition coefficient (Wildman–Crippen LogP) is 2.87. The molecule has 3 aromatic rings. The molecule has 0 aliphatic rings. The Bertz CT molecular complexity index is 709. The molecule has 1 unspecified atom stereocenters. The number of nitrogens with one attached hydrogen (secondary N) is 1. The number of hydrogen-bond donors (Lipinski definition) is 2. The van der Waals surface area contributed by atoms with E-state index in [9.17, 15) is 9.50 Å². The Morgan fingerprint density at radius 3 is 2.95 bits per heavy atom. The van der Waals surface area contributed by atoms with E-state index in [1.54, 1.807) is 24.3 Å². The van der Waals surface area contributed by atoms with Gasteiger partial charge in [-0.25, -0.2) is 9.37 Å². The third-order valence-corrected chi connectivity index (χ3v) is 3.25. The van der Waals surface area contributed by atoms with E-state index in [0.717, 1.165) is 0 Å². The van der Waals surface area contributed by atoms with Crippen LogP contribution in [0.15, 0.2) is 47.3 Å². The average Bonchev–Trinajstić information content (AvgIpc) is 3.17. The zero-order chi connectivity index (χ0) is 14.7. The van der Waals surface area contributed by atoms with Gasteiger partial charge in [-0.15, -0.1) is 0 Å². The highest BCUT2D eigenvalue weighted by Crippen LogP contribution is 2.26. The minimum atomic E-state index is -0.727. The van der Waals surface area contributed by atoms with Crippen molar-refractivity contribution >= 4 is 0 Å². The molecule has 0 aliphatic carbocycles. The first-order valence-corrected chi connectivity index (χ1v) is 6.59. The highest BCUT2D eigenvalue weighted by molar-refractivity contribution is 5.63. The first-order chi connectivity index (χ1) is 10.2. The molecule has 1 aromatic carbocycles. The molecule has 6 heteroatoms. The summed E-state index contributed by atoms with van der Waals surface area (Å²) in [5.74, 6) is 0.828. The molecule has 21 heavy (non-hydrogen) atoms. The lowest BCUT2D eigenvalue weighted by atomic mass is 10.1. The largest absolute Gasteiger partial charge is 0.469 e. The molecule has 0 spiro atoms. The topological polar surface area (TPSA) is 74.9 Å². The molecular weight excluding hydrogens is 273 g/mol. The summed E-state index contributed by atoms with van der Waals surface area (Å²) in [6, 6.07) is 8.32. The maximum Gasteiger partial charge on any atom is 0.153 e. The molecule has 0 saturated heterocycles. The van der Waals surface area contributed by atoms with Gasteiger partial charge in [-0.3, -0.25) is 5.10 Å². The van der Waals surface area contributed by atoms with Crippen molar-refractivity contribution in [1.29, 1.82) is 0 Å². The van der Waals surface area contributed by atoms with Crippen molar-refractivity contribution in [1.82, 2.24) is 15.2 Å². The zero-order valence-corrected chi connectivity index (χ0v) is 11.2. The van der Waals surface area contributed by atoms with Crippen LogP contribution in [0.1, 0.15) is 24.1 Å². The molecule has 0 radical (unpaired) electrons. The molecule has 5 nitrogen and oxygen atoms in total. The fourth-order valence-corrected chi connectivity index (χ4v) is 2.14. The van der Waals surface area contributed by atoms with Crippen LogP contribution in [0.3, 0.4) is 0 Å². The molecule has 1 atom stereocenters. The number of nitrogens with zero attached hydrogens (tertiary/aromatic N) is 2. The third kappa shape index (κ3) is 3.00. The molecule has 0 fully saturated rings. The minimum Gasteiger partial charge on any atom is -0.469 e. The standard InChI is InChI=1S/C15H14FN3O2/c16-13-4-2-1-3-12(13)10-7-11(21-8-10)5-6-14(20)15-17-9-18-19-15/h1-4,7-9,14,20H,5-6H2,(H,17,18,19). The predicted molar refractivity (Wildman–Crippen MR) is 73.8 cm³/mol. The van der Waals surface area contributed by atoms with Crippen molar-refractivity contribution in [2.75, 3.05) is 0 Å². The second kappa shape index (κ2) is 5.88. The summed E-state index contributed by atoms with van der Waals surface area (Å²) >= 11 is 0. The number of aryl methyl sites for hydroxylation is 1. The smallest absolute Gasteiger partial charge is 0.153 e. The molecule has 3 rings (SSSR count). The number of furan rings is 1. The van der Waals surface area contributed by atoms with E-state index in [4.69, 9.17) is 4.42 Å². The number of aliphatic hydroxyl groups is 1. The van der Waals surface area contributed by atoms with Gasteiger partial charge in [-0.1, -0.05) is 18.2 Å². The molecule has 0 aliphatic heterocycles. The van der Waals surface area contributed by atoms with E-state index in [2.05, 4.69) is 15.2 Å². The van der Waals surface area contributed by atoms with E-state index in [1.807, 2.05) is 0 Å². The number of aliphatic hydroxyl groups excluding tert-OH is 1. The van der Waals surface area contributed by atoms with Crippen LogP contribution in [-0.4, -0.2) is 20.3 Å². The number of aromatic nitrogens is 3. The second-order valence-electron chi connectivity index (χ2n) is 4.71. The maximum absolute atomic E-state index is 13.7. The number of aromatic amines is 1. The minimum absolute atomic E-state index is 0.286. The van der Waals surface area contributed by atoms with Crippen LogP contribution in [0.2, 0.25) is 0 Å². The number of H-pyrrole nitrogens is 1. The van der Waals surface area contributed by atoms with Gasteiger partial charge in [0.05, 0.1) is 6.26 Å². The Morgan fingerprint density at radius 1 is 1.33 bits per heavy atom. The Labute approximate surface area is 120 Å². The van der Waals surface area contributed by atoms with Crippen molar-refractivity contribution in [2.45, 2.75) is 18.9 Å². The summed E-state index contributed by atoms with van der Waals surface area (Å²) in [5, 5.41) is 16.2. The molecule has 2 aromatic heterocycles. The van der Waals surface area contributed by atoms with Gasteiger partial charge in [0.15, 0.2) is 5.82 Å². The summed E-state index contributed by atoms with van der Waals surface area (Å²) in [6.45, 7) is 0. The maximum atomic E-state index is 13.7. The van der Waals surface area contributed by atoms with Crippen LogP contribution < -0.4 is 0 Å². The van der Waals surface area contributed by atoms with E-state index < -0.39 is 6.10 Å². The summed E-state index contributed by atoms with van der Waals surface area (Å²) in [5.41, 5.74) is 1.19. The van der Waals surface area contributed by atoms with Gasteiger partial charge < -0.3 is 9.52 Å². The second-order valence-corrected chi connectivity index (χ2v) is 4.71. The van der Waals surface area contributed by atoms with Crippen LogP contribution in [0.5, 0.6) is 0 Å². The molecule has 108 valence electrons. The van der Waals surface area contributed by atoms with Crippen molar-refractivity contribution < 1.29 is 13.9 Å². The fourth-order valence-electron chi connectivity index (χ4n) is 2.14. The summed E-state index contributed by atoms with van der Waals surface area (Å²) in [6.07, 6.45) is 3.11. The van der Waals surface area contributed by atoms with E-state index in [1.165, 1.54) is 18.7 Å². The molecule has 0 saturated carbocycles. The third-order valence-electron chi connectivity index (χ3n) is 3.25. The highest BCUT2D eigenvalue weighted by Gasteiger charge is 2.13. The lowest BCUT2D eigenvalue weighted by Crippen LogP contribution is -2.01. The Hall–Kier alpha value is -2.47. The normalized spacial score (nSPS) is 12.5. The van der Waals surface area contributed by atoms with Crippen LogP contribution in [0, 0.1) is 5.82 Å². The lowest BCUT2D eigenvalue weighted by molar-refractivity contribution is 0.156. The quantitative estimate of drug-likeness (QED) is 0.756. The van der Waals surface area contributed by atoms with Gasteiger partial charge in [-0.2, -0.15) is 5.10 Å². The summed E-state index contributed by atoms with van der Waals surface area (Å²) in [7, 11) is 0. The zero-order valence-electron chi connectivity index (χ0n) is 11.2.